The summed E-state index contributed by atoms with van der Waals surface area (Å²) in [7, 11) is 1.98. The summed E-state index contributed by atoms with van der Waals surface area (Å²) in [4.78, 5) is 19.0. The normalized spacial score (nSPS) is 22.4. The highest BCUT2D eigenvalue weighted by atomic mass is 35.5. The minimum atomic E-state index is -0.223. The van der Waals surface area contributed by atoms with E-state index in [1.165, 1.54) is 5.56 Å². The summed E-state index contributed by atoms with van der Waals surface area (Å²) in [5, 5.41) is 9.77. The van der Waals surface area contributed by atoms with E-state index in [2.05, 4.69) is 44.6 Å². The molecule has 2 saturated heterocycles. The summed E-state index contributed by atoms with van der Waals surface area (Å²) in [6, 6.07) is 8.52. The monoisotopic (exact) mass is 438 g/mol. The molecule has 1 aromatic heterocycles. The van der Waals surface area contributed by atoms with Crippen LogP contribution >= 0.6 is 11.6 Å². The number of nitrogens with two attached hydrogens (primary N) is 1. The average molecular weight is 439 g/mol. The third-order valence-electron chi connectivity index (χ3n) is 6.98. The van der Waals surface area contributed by atoms with Gasteiger partial charge >= 0.3 is 0 Å². The number of benzene rings is 1. The molecule has 0 aliphatic carbocycles. The van der Waals surface area contributed by atoms with Gasteiger partial charge in [-0.05, 0) is 30.4 Å². The number of hydrazone groups is 1. The van der Waals surface area contributed by atoms with Gasteiger partial charge in [0.25, 0.3) is 0 Å². The minimum Gasteiger partial charge on any atom is -0.382 e. The first-order valence-electron chi connectivity index (χ1n) is 10.8. The Morgan fingerprint density at radius 1 is 1.19 bits per heavy atom. The summed E-state index contributed by atoms with van der Waals surface area (Å²) in [6.07, 6.45) is 6.36. The number of anilines is 2. The van der Waals surface area contributed by atoms with Gasteiger partial charge in [-0.3, -0.25) is 9.80 Å². The minimum absolute atomic E-state index is 0.199. The number of carbonyl (C=O) groups is 1. The van der Waals surface area contributed by atoms with Crippen molar-refractivity contribution in [1.29, 1.82) is 0 Å². The van der Waals surface area contributed by atoms with Crippen LogP contribution in [0.5, 0.6) is 0 Å². The van der Waals surface area contributed by atoms with Crippen LogP contribution in [0.15, 0.2) is 35.6 Å². The van der Waals surface area contributed by atoms with Gasteiger partial charge in [0.05, 0.1) is 11.1 Å². The van der Waals surface area contributed by atoms with Crippen LogP contribution in [-0.2, 0) is 4.79 Å². The van der Waals surface area contributed by atoms with Crippen LogP contribution in [0.25, 0.3) is 11.1 Å². The molecule has 0 radical (unpaired) electrons. The Morgan fingerprint density at radius 3 is 2.55 bits per heavy atom. The van der Waals surface area contributed by atoms with Gasteiger partial charge in [0.15, 0.2) is 0 Å². The smallest absolute Gasteiger partial charge is 0.226 e. The molecule has 0 bridgehead atoms. The van der Waals surface area contributed by atoms with Crippen molar-refractivity contribution in [2.45, 2.75) is 25.2 Å². The molecular weight excluding hydrogens is 412 g/mol. The van der Waals surface area contributed by atoms with Crippen molar-refractivity contribution >= 4 is 35.2 Å². The molecule has 8 heteroatoms. The van der Waals surface area contributed by atoms with Crippen molar-refractivity contribution in [3.8, 4) is 11.1 Å². The Kier molecular flexibility index (Phi) is 5.01. The van der Waals surface area contributed by atoms with Gasteiger partial charge < -0.3 is 16.0 Å². The lowest BCUT2D eigenvalue weighted by Crippen LogP contribution is -2.44. The van der Waals surface area contributed by atoms with Crippen molar-refractivity contribution in [3.63, 3.8) is 0 Å². The number of rotatable bonds is 3. The number of aromatic nitrogens is 1. The molecule has 1 atom stereocenters. The largest absolute Gasteiger partial charge is 0.382 e. The maximum atomic E-state index is 12.4. The number of piperidine rings is 1. The molecule has 3 N–H and O–H groups in total. The van der Waals surface area contributed by atoms with Crippen LogP contribution in [0.3, 0.4) is 0 Å². The van der Waals surface area contributed by atoms with E-state index in [9.17, 15) is 4.79 Å². The molecule has 1 aromatic carbocycles. The fourth-order valence-electron chi connectivity index (χ4n) is 5.04. The molecule has 1 amide bonds. The number of halogens is 1. The first-order valence-corrected chi connectivity index (χ1v) is 11.2. The maximum absolute atomic E-state index is 12.4. The molecule has 162 valence electrons. The zero-order valence-corrected chi connectivity index (χ0v) is 18.4. The Morgan fingerprint density at radius 2 is 1.94 bits per heavy atom. The molecule has 2 aromatic rings. The standard InChI is InChI=1S/C23H27ClN6O/c1-29-14-17(12-28-29)15-2-4-16(5-3-15)18-13-27-21(25)19(24)20(18)30-10-7-23(8-11-30)6-9-26-22(23)31/h2-5,12-13,17H,6-11,14H2,1H3,(H2,25,27)(H,26,31). The quantitative estimate of drug-likeness (QED) is 0.768. The lowest BCUT2D eigenvalue weighted by molar-refractivity contribution is -0.128. The van der Waals surface area contributed by atoms with Gasteiger partial charge in [-0.15, -0.1) is 0 Å². The average Bonchev–Trinajstić information content (AvgIpc) is 3.37. The number of amides is 1. The summed E-state index contributed by atoms with van der Waals surface area (Å²) >= 11 is 6.68. The molecule has 1 spiro atoms. The number of nitrogens with one attached hydrogen (secondary N) is 1. The lowest BCUT2D eigenvalue weighted by Gasteiger charge is -2.39. The highest BCUT2D eigenvalue weighted by Crippen LogP contribution is 2.44. The molecular formula is C23H27ClN6O. The fraction of sp³-hybridized carbons (Fsp3) is 0.435. The summed E-state index contributed by atoms with van der Waals surface area (Å²) in [5.41, 5.74) is 10.0. The van der Waals surface area contributed by atoms with Crippen LogP contribution < -0.4 is 16.0 Å². The topological polar surface area (TPSA) is 86.9 Å². The number of nitrogens with zero attached hydrogens (tertiary/aromatic N) is 4. The van der Waals surface area contributed by atoms with E-state index in [0.29, 0.717) is 16.8 Å². The SMILES string of the molecule is CN1CC(c2ccc(-c3cnc(N)c(Cl)c3N3CCC4(CCNC4=O)CC3)cc2)C=N1. The highest BCUT2D eigenvalue weighted by Gasteiger charge is 2.44. The number of nitrogen functional groups attached to an aromatic ring is 1. The lowest BCUT2D eigenvalue weighted by atomic mass is 9.77. The van der Waals surface area contributed by atoms with Crippen LogP contribution in [0.1, 0.15) is 30.7 Å². The Labute approximate surface area is 187 Å². The van der Waals surface area contributed by atoms with E-state index in [1.54, 1.807) is 0 Å². The Balaban J connectivity index is 1.43. The van der Waals surface area contributed by atoms with Gasteiger partial charge in [0.1, 0.15) is 10.8 Å². The van der Waals surface area contributed by atoms with Gasteiger partial charge in [-0.1, -0.05) is 35.9 Å². The van der Waals surface area contributed by atoms with Crippen LogP contribution in [0.2, 0.25) is 5.02 Å². The predicted molar refractivity (Wildman–Crippen MR) is 124 cm³/mol. The third-order valence-corrected chi connectivity index (χ3v) is 7.36. The zero-order valence-electron chi connectivity index (χ0n) is 17.6. The maximum Gasteiger partial charge on any atom is 0.226 e. The van der Waals surface area contributed by atoms with E-state index in [1.807, 2.05) is 24.5 Å². The van der Waals surface area contributed by atoms with E-state index < -0.39 is 0 Å². The van der Waals surface area contributed by atoms with Crippen LogP contribution in [-0.4, -0.2) is 55.3 Å². The van der Waals surface area contributed by atoms with E-state index in [-0.39, 0.29) is 11.3 Å². The molecule has 4 heterocycles. The van der Waals surface area contributed by atoms with Crippen molar-refractivity contribution in [3.05, 3.63) is 41.0 Å². The van der Waals surface area contributed by atoms with Gasteiger partial charge in [0.2, 0.25) is 5.91 Å². The first-order chi connectivity index (χ1) is 15.0. The summed E-state index contributed by atoms with van der Waals surface area (Å²) < 4.78 is 0. The fourth-order valence-corrected chi connectivity index (χ4v) is 5.31. The van der Waals surface area contributed by atoms with Crippen molar-refractivity contribution in [2.24, 2.45) is 10.5 Å². The molecule has 3 aliphatic rings. The van der Waals surface area contributed by atoms with E-state index in [0.717, 1.165) is 62.3 Å². The van der Waals surface area contributed by atoms with Crippen LogP contribution in [0.4, 0.5) is 11.5 Å². The van der Waals surface area contributed by atoms with Crippen molar-refractivity contribution < 1.29 is 4.79 Å². The Hall–Kier alpha value is -2.80. The van der Waals surface area contributed by atoms with Crippen molar-refractivity contribution in [1.82, 2.24) is 15.3 Å². The number of hydrogen-bond donors (Lipinski definition) is 2. The third kappa shape index (κ3) is 3.51. The molecule has 7 nitrogen and oxygen atoms in total. The number of hydrogen-bond acceptors (Lipinski definition) is 6. The molecule has 31 heavy (non-hydrogen) atoms. The zero-order chi connectivity index (χ0) is 21.6. The van der Waals surface area contributed by atoms with Crippen molar-refractivity contribution in [2.75, 3.05) is 43.9 Å². The van der Waals surface area contributed by atoms with E-state index in [4.69, 9.17) is 17.3 Å². The number of carbonyl (C=O) groups excluding carboxylic acids is 1. The molecule has 1 unspecified atom stereocenters. The Bertz CT molecular complexity index is 1030. The summed E-state index contributed by atoms with van der Waals surface area (Å²) in [6.45, 7) is 3.21. The molecule has 3 aliphatic heterocycles. The molecule has 2 fully saturated rings. The number of pyridine rings is 1. The predicted octanol–water partition coefficient (Wildman–Crippen LogP) is 3.11. The summed E-state index contributed by atoms with van der Waals surface area (Å²) in [5.74, 6) is 0.841. The van der Waals surface area contributed by atoms with Gasteiger partial charge in [0, 0.05) is 57.1 Å². The second-order valence-corrected chi connectivity index (χ2v) is 9.20. The molecule has 0 saturated carbocycles. The second kappa shape index (κ2) is 7.71. The van der Waals surface area contributed by atoms with Gasteiger partial charge in [-0.2, -0.15) is 5.10 Å². The second-order valence-electron chi connectivity index (χ2n) is 8.83. The van der Waals surface area contributed by atoms with Crippen LogP contribution in [0, 0.1) is 5.41 Å². The highest BCUT2D eigenvalue weighted by molar-refractivity contribution is 6.36. The van der Waals surface area contributed by atoms with Gasteiger partial charge in [-0.25, -0.2) is 4.98 Å². The molecule has 5 rings (SSSR count). The number of likely N-dealkylation sites (N-methyl/N-ethyl adjacent to an activating group) is 1. The van der Waals surface area contributed by atoms with E-state index >= 15 is 0 Å². The first kappa shape index (κ1) is 20.1.